The van der Waals surface area contributed by atoms with E-state index in [-0.39, 0.29) is 17.9 Å². The van der Waals surface area contributed by atoms with Crippen molar-refractivity contribution >= 4 is 17.6 Å². The Hall–Kier alpha value is -2.04. The maximum absolute atomic E-state index is 12.3. The fraction of sp³-hybridized carbons (Fsp3) is 0.529. The Bertz CT molecular complexity index is 561. The standard InChI is InChI=1S/C17H25N3O2/c1-12-5-6-15(11-13(12)2)18-16(21)14-7-9-20(10-8-14)17(22)19(3)4/h5-6,11,14H,7-10H2,1-4H3,(H,18,21). The van der Waals surface area contributed by atoms with Crippen molar-refractivity contribution in [1.29, 1.82) is 0 Å². The third-order valence-corrected chi connectivity index (χ3v) is 4.29. The fourth-order valence-corrected chi connectivity index (χ4v) is 2.68. The second-order valence-corrected chi connectivity index (χ2v) is 6.23. The molecule has 0 atom stereocenters. The van der Waals surface area contributed by atoms with Crippen LogP contribution in [0.1, 0.15) is 24.0 Å². The molecule has 1 aliphatic rings. The zero-order chi connectivity index (χ0) is 16.3. The summed E-state index contributed by atoms with van der Waals surface area (Å²) in [7, 11) is 3.50. The molecule has 3 amide bonds. The van der Waals surface area contributed by atoms with Crippen LogP contribution in [0.25, 0.3) is 0 Å². The first-order valence-corrected chi connectivity index (χ1v) is 7.73. The van der Waals surface area contributed by atoms with Crippen molar-refractivity contribution in [3.8, 4) is 0 Å². The zero-order valence-electron chi connectivity index (χ0n) is 13.8. The SMILES string of the molecule is Cc1ccc(NC(=O)C2CCN(C(=O)N(C)C)CC2)cc1C. The van der Waals surface area contributed by atoms with E-state index in [1.807, 2.05) is 25.1 Å². The number of likely N-dealkylation sites (tertiary alicyclic amines) is 1. The van der Waals surface area contributed by atoms with Gasteiger partial charge < -0.3 is 15.1 Å². The van der Waals surface area contributed by atoms with Crippen molar-refractivity contribution < 1.29 is 9.59 Å². The number of nitrogens with one attached hydrogen (secondary N) is 1. The molecule has 120 valence electrons. The summed E-state index contributed by atoms with van der Waals surface area (Å²) in [5.41, 5.74) is 3.23. The lowest BCUT2D eigenvalue weighted by molar-refractivity contribution is -0.121. The van der Waals surface area contributed by atoms with Crippen LogP contribution in [0.5, 0.6) is 0 Å². The summed E-state index contributed by atoms with van der Waals surface area (Å²) in [6.07, 6.45) is 1.44. The Kier molecular flexibility index (Phi) is 5.06. The molecule has 1 N–H and O–H groups in total. The van der Waals surface area contributed by atoms with Crippen molar-refractivity contribution in [2.24, 2.45) is 5.92 Å². The van der Waals surface area contributed by atoms with Gasteiger partial charge in [0.25, 0.3) is 0 Å². The Labute approximate surface area is 132 Å². The molecule has 2 rings (SSSR count). The van der Waals surface area contributed by atoms with Crippen LogP contribution in [0.3, 0.4) is 0 Å². The van der Waals surface area contributed by atoms with Crippen LogP contribution in [0.15, 0.2) is 18.2 Å². The van der Waals surface area contributed by atoms with Crippen molar-refractivity contribution in [1.82, 2.24) is 9.80 Å². The molecule has 0 aliphatic carbocycles. The number of anilines is 1. The zero-order valence-corrected chi connectivity index (χ0v) is 13.8. The van der Waals surface area contributed by atoms with E-state index in [9.17, 15) is 9.59 Å². The van der Waals surface area contributed by atoms with Gasteiger partial charge in [-0.15, -0.1) is 0 Å². The van der Waals surface area contributed by atoms with E-state index in [0.29, 0.717) is 13.1 Å². The van der Waals surface area contributed by atoms with Gasteiger partial charge in [0.15, 0.2) is 0 Å². The molecule has 1 aromatic rings. The van der Waals surface area contributed by atoms with Gasteiger partial charge in [0, 0.05) is 38.8 Å². The van der Waals surface area contributed by atoms with Crippen LogP contribution in [-0.4, -0.2) is 48.9 Å². The quantitative estimate of drug-likeness (QED) is 0.913. The van der Waals surface area contributed by atoms with Crippen LogP contribution < -0.4 is 5.32 Å². The molecular weight excluding hydrogens is 278 g/mol. The van der Waals surface area contributed by atoms with Crippen LogP contribution in [0, 0.1) is 19.8 Å². The molecule has 1 saturated heterocycles. The van der Waals surface area contributed by atoms with Gasteiger partial charge in [-0.1, -0.05) is 6.07 Å². The molecule has 0 radical (unpaired) electrons. The number of carbonyl (C=O) groups is 2. The maximum Gasteiger partial charge on any atom is 0.319 e. The molecule has 0 bridgehead atoms. The van der Waals surface area contributed by atoms with Crippen molar-refractivity contribution in [2.75, 3.05) is 32.5 Å². The highest BCUT2D eigenvalue weighted by Gasteiger charge is 2.27. The summed E-state index contributed by atoms with van der Waals surface area (Å²) in [5, 5.41) is 2.99. The number of piperidine rings is 1. The highest BCUT2D eigenvalue weighted by atomic mass is 16.2. The lowest BCUT2D eigenvalue weighted by Crippen LogP contribution is -2.45. The molecule has 0 saturated carbocycles. The third kappa shape index (κ3) is 3.78. The normalized spacial score (nSPS) is 15.5. The number of rotatable bonds is 2. The van der Waals surface area contributed by atoms with Crippen LogP contribution in [-0.2, 0) is 4.79 Å². The molecule has 0 aromatic heterocycles. The van der Waals surface area contributed by atoms with Gasteiger partial charge in [-0.2, -0.15) is 0 Å². The summed E-state index contributed by atoms with van der Waals surface area (Å²) >= 11 is 0. The van der Waals surface area contributed by atoms with E-state index >= 15 is 0 Å². The molecule has 5 nitrogen and oxygen atoms in total. The number of amides is 3. The minimum atomic E-state index is -0.0205. The summed E-state index contributed by atoms with van der Waals surface area (Å²) in [4.78, 5) is 27.6. The number of nitrogens with zero attached hydrogens (tertiary/aromatic N) is 2. The van der Waals surface area contributed by atoms with E-state index in [4.69, 9.17) is 0 Å². The Morgan fingerprint density at radius 2 is 1.77 bits per heavy atom. The first-order chi connectivity index (χ1) is 10.4. The van der Waals surface area contributed by atoms with Gasteiger partial charge >= 0.3 is 6.03 Å². The smallest absolute Gasteiger partial charge is 0.319 e. The second kappa shape index (κ2) is 6.81. The van der Waals surface area contributed by atoms with Crippen LogP contribution in [0.4, 0.5) is 10.5 Å². The number of aryl methyl sites for hydroxylation is 2. The van der Waals surface area contributed by atoms with Gasteiger partial charge in [0.1, 0.15) is 0 Å². The van der Waals surface area contributed by atoms with Gasteiger partial charge in [0.2, 0.25) is 5.91 Å². The number of benzene rings is 1. The largest absolute Gasteiger partial charge is 0.331 e. The fourth-order valence-electron chi connectivity index (χ4n) is 2.68. The predicted molar refractivity (Wildman–Crippen MR) is 87.9 cm³/mol. The number of carbonyl (C=O) groups excluding carboxylic acids is 2. The minimum Gasteiger partial charge on any atom is -0.331 e. The summed E-state index contributed by atoms with van der Waals surface area (Å²) < 4.78 is 0. The van der Waals surface area contributed by atoms with Crippen molar-refractivity contribution in [2.45, 2.75) is 26.7 Å². The van der Waals surface area contributed by atoms with E-state index in [1.54, 1.807) is 23.9 Å². The van der Waals surface area contributed by atoms with E-state index in [0.717, 1.165) is 18.5 Å². The van der Waals surface area contributed by atoms with Gasteiger partial charge in [-0.05, 0) is 49.9 Å². The average Bonchev–Trinajstić information content (AvgIpc) is 2.50. The molecule has 1 fully saturated rings. The second-order valence-electron chi connectivity index (χ2n) is 6.23. The molecule has 5 heteroatoms. The minimum absolute atomic E-state index is 0.0205. The van der Waals surface area contributed by atoms with E-state index in [1.165, 1.54) is 11.1 Å². The highest BCUT2D eigenvalue weighted by Crippen LogP contribution is 2.21. The van der Waals surface area contributed by atoms with Crippen molar-refractivity contribution in [3.63, 3.8) is 0 Å². The number of hydrogen-bond donors (Lipinski definition) is 1. The van der Waals surface area contributed by atoms with Gasteiger partial charge in [0.05, 0.1) is 0 Å². The molecule has 22 heavy (non-hydrogen) atoms. The van der Waals surface area contributed by atoms with E-state index in [2.05, 4.69) is 12.2 Å². The number of hydrogen-bond acceptors (Lipinski definition) is 2. The first-order valence-electron chi connectivity index (χ1n) is 7.73. The maximum atomic E-state index is 12.3. The molecular formula is C17H25N3O2. The molecule has 0 unspecified atom stereocenters. The summed E-state index contributed by atoms with van der Waals surface area (Å²) in [5.74, 6) is 0.0352. The van der Waals surface area contributed by atoms with Crippen molar-refractivity contribution in [3.05, 3.63) is 29.3 Å². The van der Waals surface area contributed by atoms with E-state index < -0.39 is 0 Å². The Morgan fingerprint density at radius 3 is 2.32 bits per heavy atom. The highest BCUT2D eigenvalue weighted by molar-refractivity contribution is 5.92. The molecule has 1 aliphatic heterocycles. The Balaban J connectivity index is 1.89. The Morgan fingerprint density at radius 1 is 1.14 bits per heavy atom. The topological polar surface area (TPSA) is 52.7 Å². The molecule has 1 aromatic carbocycles. The first kappa shape index (κ1) is 16.3. The molecule has 1 heterocycles. The number of urea groups is 1. The average molecular weight is 303 g/mol. The predicted octanol–water partition coefficient (Wildman–Crippen LogP) is 2.64. The lowest BCUT2D eigenvalue weighted by atomic mass is 9.96. The van der Waals surface area contributed by atoms with Crippen LogP contribution in [0.2, 0.25) is 0 Å². The summed E-state index contributed by atoms with van der Waals surface area (Å²) in [6.45, 7) is 5.37. The lowest BCUT2D eigenvalue weighted by Gasteiger charge is -2.33. The molecule has 0 spiro atoms. The summed E-state index contributed by atoms with van der Waals surface area (Å²) in [6, 6.07) is 5.97. The van der Waals surface area contributed by atoms with Gasteiger partial charge in [-0.25, -0.2) is 4.79 Å². The van der Waals surface area contributed by atoms with Gasteiger partial charge in [-0.3, -0.25) is 4.79 Å². The monoisotopic (exact) mass is 303 g/mol. The third-order valence-electron chi connectivity index (χ3n) is 4.29. The van der Waals surface area contributed by atoms with Crippen LogP contribution >= 0.6 is 0 Å².